The highest BCUT2D eigenvalue weighted by atomic mass is 32.2. The van der Waals surface area contributed by atoms with E-state index in [2.05, 4.69) is 0 Å². The molecule has 0 spiro atoms. The Kier molecular flexibility index (Phi) is 5.22. The molecule has 0 unspecified atom stereocenters. The molecular formula is C17H27N3O4S. The maximum Gasteiger partial charge on any atom is 0.244 e. The molecule has 2 aliphatic heterocycles. The van der Waals surface area contributed by atoms with Crippen LogP contribution in [0.1, 0.15) is 26.7 Å². The molecule has 1 amide bonds. The van der Waals surface area contributed by atoms with E-state index in [9.17, 15) is 13.2 Å². The Balaban J connectivity index is 1.61. The van der Waals surface area contributed by atoms with Crippen LogP contribution >= 0.6 is 0 Å². The van der Waals surface area contributed by atoms with Crippen molar-refractivity contribution >= 4 is 15.9 Å². The van der Waals surface area contributed by atoms with Gasteiger partial charge in [0.05, 0.1) is 17.1 Å². The molecule has 2 aliphatic rings. The summed E-state index contributed by atoms with van der Waals surface area (Å²) in [7, 11) is -1.67. The lowest BCUT2D eigenvalue weighted by molar-refractivity contribution is -0.148. The van der Waals surface area contributed by atoms with Gasteiger partial charge in [0, 0.05) is 51.5 Å². The summed E-state index contributed by atoms with van der Waals surface area (Å²) in [5.74, 6) is 0.0403. The summed E-state index contributed by atoms with van der Waals surface area (Å²) in [6.45, 7) is 5.97. The van der Waals surface area contributed by atoms with Gasteiger partial charge in [0.2, 0.25) is 15.9 Å². The standard InChI is InChI=1S/C17H27N3O4S/c1-13-10-19(11-14(2)24-13)17(21)15-4-8-20(9-5-15)25(22,23)16-6-7-18(3)12-16/h6-7,12-15H,4-5,8-11H2,1-3H3/t13-,14-/m1/s1. The smallest absolute Gasteiger partial charge is 0.244 e. The average molecular weight is 369 g/mol. The number of hydrogen-bond acceptors (Lipinski definition) is 4. The zero-order valence-corrected chi connectivity index (χ0v) is 15.9. The van der Waals surface area contributed by atoms with Crippen LogP contribution in [-0.4, -0.2) is 66.5 Å². The number of ether oxygens (including phenoxy) is 1. The molecule has 25 heavy (non-hydrogen) atoms. The highest BCUT2D eigenvalue weighted by Gasteiger charge is 2.35. The summed E-state index contributed by atoms with van der Waals surface area (Å²) in [6, 6.07) is 1.61. The molecular weight excluding hydrogens is 342 g/mol. The number of carbonyl (C=O) groups excluding carboxylic acids is 1. The molecule has 8 heteroatoms. The van der Waals surface area contributed by atoms with Gasteiger partial charge in [-0.2, -0.15) is 4.31 Å². The predicted octanol–water partition coefficient (Wildman–Crippen LogP) is 1.06. The fourth-order valence-electron chi connectivity index (χ4n) is 3.74. The van der Waals surface area contributed by atoms with E-state index in [4.69, 9.17) is 4.74 Å². The van der Waals surface area contributed by atoms with E-state index < -0.39 is 10.0 Å². The number of nitrogens with zero attached hydrogens (tertiary/aromatic N) is 3. The zero-order chi connectivity index (χ0) is 18.2. The summed E-state index contributed by atoms with van der Waals surface area (Å²) >= 11 is 0. The molecule has 3 heterocycles. The fourth-order valence-corrected chi connectivity index (χ4v) is 5.26. The van der Waals surface area contributed by atoms with Crippen molar-refractivity contribution in [2.45, 2.75) is 43.8 Å². The van der Waals surface area contributed by atoms with Gasteiger partial charge < -0.3 is 14.2 Å². The van der Waals surface area contributed by atoms with E-state index in [1.165, 1.54) is 4.31 Å². The van der Waals surface area contributed by atoms with E-state index in [-0.39, 0.29) is 24.0 Å². The monoisotopic (exact) mass is 369 g/mol. The second-order valence-corrected chi connectivity index (χ2v) is 9.13. The number of morpholine rings is 1. The Hall–Kier alpha value is -1.38. The van der Waals surface area contributed by atoms with Gasteiger partial charge in [0.15, 0.2) is 0 Å². The summed E-state index contributed by atoms with van der Waals surface area (Å²) < 4.78 is 34.2. The Bertz CT molecular complexity index is 712. The maximum atomic E-state index is 12.8. The normalized spacial score (nSPS) is 26.8. The first kappa shape index (κ1) is 18.4. The van der Waals surface area contributed by atoms with Crippen molar-refractivity contribution in [3.05, 3.63) is 18.5 Å². The van der Waals surface area contributed by atoms with E-state index in [1.54, 1.807) is 30.1 Å². The van der Waals surface area contributed by atoms with Crippen LogP contribution in [0, 0.1) is 5.92 Å². The predicted molar refractivity (Wildman–Crippen MR) is 93.5 cm³/mol. The molecule has 2 fully saturated rings. The van der Waals surface area contributed by atoms with Crippen LogP contribution in [0.25, 0.3) is 0 Å². The van der Waals surface area contributed by atoms with E-state index in [1.807, 2.05) is 18.7 Å². The third-order valence-electron chi connectivity index (χ3n) is 4.98. The van der Waals surface area contributed by atoms with Gasteiger partial charge in [-0.25, -0.2) is 8.42 Å². The quantitative estimate of drug-likeness (QED) is 0.799. The first-order valence-electron chi connectivity index (χ1n) is 8.83. The molecule has 2 atom stereocenters. The van der Waals surface area contributed by atoms with Crippen molar-refractivity contribution in [1.82, 2.24) is 13.8 Å². The van der Waals surface area contributed by atoms with Gasteiger partial charge in [-0.1, -0.05) is 0 Å². The second kappa shape index (κ2) is 7.09. The molecule has 1 aromatic rings. The van der Waals surface area contributed by atoms with Crippen LogP contribution in [0.4, 0.5) is 0 Å². The molecule has 7 nitrogen and oxygen atoms in total. The molecule has 2 saturated heterocycles. The van der Waals surface area contributed by atoms with Crippen LogP contribution in [0.2, 0.25) is 0 Å². The van der Waals surface area contributed by atoms with Gasteiger partial charge in [0.1, 0.15) is 0 Å². The summed E-state index contributed by atoms with van der Waals surface area (Å²) in [4.78, 5) is 15.0. The number of carbonyl (C=O) groups is 1. The highest BCUT2D eigenvalue weighted by Crippen LogP contribution is 2.26. The van der Waals surface area contributed by atoms with Crippen LogP contribution in [0.5, 0.6) is 0 Å². The molecule has 0 saturated carbocycles. The lowest BCUT2D eigenvalue weighted by Gasteiger charge is -2.39. The third kappa shape index (κ3) is 3.91. The Labute approximate surface area is 149 Å². The topological polar surface area (TPSA) is 71.9 Å². The minimum absolute atomic E-state index is 0.0475. The van der Waals surface area contributed by atoms with Crippen molar-refractivity contribution < 1.29 is 17.9 Å². The first-order chi connectivity index (χ1) is 11.8. The van der Waals surface area contributed by atoms with Crippen LogP contribution in [0.3, 0.4) is 0 Å². The number of aryl methyl sites for hydroxylation is 1. The molecule has 1 aromatic heterocycles. The zero-order valence-electron chi connectivity index (χ0n) is 15.1. The van der Waals surface area contributed by atoms with Gasteiger partial charge in [0.25, 0.3) is 0 Å². The van der Waals surface area contributed by atoms with Crippen molar-refractivity contribution in [3.63, 3.8) is 0 Å². The van der Waals surface area contributed by atoms with E-state index in [0.717, 1.165) is 0 Å². The minimum Gasteiger partial charge on any atom is -0.372 e. The molecule has 0 radical (unpaired) electrons. The SMILES string of the molecule is C[C@@H]1CN(C(=O)C2CCN(S(=O)(=O)c3ccn(C)c3)CC2)C[C@@H](C)O1. The molecule has 140 valence electrons. The molecule has 0 N–H and O–H groups in total. The third-order valence-corrected chi connectivity index (χ3v) is 6.86. The molecule has 0 bridgehead atoms. The fraction of sp³-hybridized carbons (Fsp3) is 0.706. The van der Waals surface area contributed by atoms with Crippen molar-refractivity contribution in [2.24, 2.45) is 13.0 Å². The van der Waals surface area contributed by atoms with Crippen LogP contribution < -0.4 is 0 Å². The summed E-state index contributed by atoms with van der Waals surface area (Å²) in [5, 5.41) is 0. The first-order valence-corrected chi connectivity index (χ1v) is 10.3. The van der Waals surface area contributed by atoms with Crippen molar-refractivity contribution in [3.8, 4) is 0 Å². The van der Waals surface area contributed by atoms with Gasteiger partial charge in [-0.05, 0) is 32.8 Å². The number of piperidine rings is 1. The van der Waals surface area contributed by atoms with Gasteiger partial charge >= 0.3 is 0 Å². The Morgan fingerprint density at radius 2 is 1.76 bits per heavy atom. The van der Waals surface area contributed by atoms with E-state index in [0.29, 0.717) is 43.9 Å². The van der Waals surface area contributed by atoms with Gasteiger partial charge in [-0.3, -0.25) is 4.79 Å². The Morgan fingerprint density at radius 3 is 2.28 bits per heavy atom. The van der Waals surface area contributed by atoms with Crippen LogP contribution in [0.15, 0.2) is 23.4 Å². The van der Waals surface area contributed by atoms with E-state index >= 15 is 0 Å². The van der Waals surface area contributed by atoms with Gasteiger partial charge in [-0.15, -0.1) is 0 Å². The second-order valence-electron chi connectivity index (χ2n) is 7.19. The maximum absolute atomic E-state index is 12.8. The number of rotatable bonds is 3. The molecule has 0 aromatic carbocycles. The molecule has 3 rings (SSSR count). The average Bonchev–Trinajstić information content (AvgIpc) is 3.01. The van der Waals surface area contributed by atoms with Crippen LogP contribution in [-0.2, 0) is 26.6 Å². The largest absolute Gasteiger partial charge is 0.372 e. The lowest BCUT2D eigenvalue weighted by atomic mass is 9.96. The number of aromatic nitrogens is 1. The lowest BCUT2D eigenvalue weighted by Crippen LogP contribution is -2.51. The Morgan fingerprint density at radius 1 is 1.16 bits per heavy atom. The van der Waals surface area contributed by atoms with Crippen molar-refractivity contribution in [2.75, 3.05) is 26.2 Å². The highest BCUT2D eigenvalue weighted by molar-refractivity contribution is 7.89. The molecule has 0 aliphatic carbocycles. The number of hydrogen-bond donors (Lipinski definition) is 0. The summed E-state index contributed by atoms with van der Waals surface area (Å²) in [5.41, 5.74) is 0. The number of sulfonamides is 1. The number of amides is 1. The minimum atomic E-state index is -3.47. The summed E-state index contributed by atoms with van der Waals surface area (Å²) in [6.07, 6.45) is 4.58. The van der Waals surface area contributed by atoms with Crippen molar-refractivity contribution in [1.29, 1.82) is 0 Å².